The van der Waals surface area contributed by atoms with E-state index in [1.54, 1.807) is 30.3 Å². The highest BCUT2D eigenvalue weighted by Crippen LogP contribution is 2.39. The molecule has 0 radical (unpaired) electrons. The van der Waals surface area contributed by atoms with Crippen molar-refractivity contribution in [1.82, 2.24) is 0 Å². The molecular formula is C22H12BrFO3S. The number of carbonyl (C=O) groups is 2. The summed E-state index contributed by atoms with van der Waals surface area (Å²) >= 11 is 4.62. The van der Waals surface area contributed by atoms with Crippen LogP contribution in [0.4, 0.5) is 4.39 Å². The van der Waals surface area contributed by atoms with Gasteiger partial charge in [0.15, 0.2) is 5.75 Å². The topological polar surface area (TPSA) is 43.4 Å². The fourth-order valence-corrected chi connectivity index (χ4v) is 4.10. The van der Waals surface area contributed by atoms with Gasteiger partial charge in [-0.2, -0.15) is 0 Å². The third-order valence-electron chi connectivity index (χ3n) is 4.14. The number of ether oxygens (including phenoxy) is 1. The molecular weight excluding hydrogens is 443 g/mol. The Hall–Kier alpha value is -2.83. The Bertz CT molecular complexity index is 1180. The molecule has 0 aliphatic heterocycles. The van der Waals surface area contributed by atoms with Crippen LogP contribution in [0, 0.1) is 5.82 Å². The molecule has 0 saturated carbocycles. The zero-order chi connectivity index (χ0) is 19.7. The average Bonchev–Trinajstić information content (AvgIpc) is 3.07. The lowest BCUT2D eigenvalue weighted by atomic mass is 10.1. The summed E-state index contributed by atoms with van der Waals surface area (Å²) in [7, 11) is 0. The van der Waals surface area contributed by atoms with Gasteiger partial charge < -0.3 is 4.74 Å². The second kappa shape index (κ2) is 7.66. The average molecular weight is 455 g/mol. The number of carbonyl (C=O) groups excluding carboxylic acids is 2. The van der Waals surface area contributed by atoms with Gasteiger partial charge in [0.2, 0.25) is 5.78 Å². The van der Waals surface area contributed by atoms with Gasteiger partial charge in [-0.25, -0.2) is 9.18 Å². The van der Waals surface area contributed by atoms with E-state index in [2.05, 4.69) is 15.9 Å². The number of hydrogen-bond donors (Lipinski definition) is 0. The largest absolute Gasteiger partial charge is 0.421 e. The van der Waals surface area contributed by atoms with Crippen molar-refractivity contribution >= 4 is 49.1 Å². The van der Waals surface area contributed by atoms with E-state index in [0.717, 1.165) is 9.17 Å². The van der Waals surface area contributed by atoms with Crippen LogP contribution >= 0.6 is 27.3 Å². The van der Waals surface area contributed by atoms with Gasteiger partial charge in [-0.05, 0) is 60.7 Å². The third-order valence-corrected chi connectivity index (χ3v) is 5.82. The van der Waals surface area contributed by atoms with Crippen LogP contribution < -0.4 is 4.74 Å². The number of ketones is 1. The van der Waals surface area contributed by atoms with Gasteiger partial charge in [0.25, 0.3) is 0 Å². The molecule has 0 fully saturated rings. The van der Waals surface area contributed by atoms with E-state index in [1.807, 2.05) is 18.2 Å². The minimum atomic E-state index is -0.645. The number of rotatable bonds is 4. The first kappa shape index (κ1) is 18.5. The standard InChI is InChI=1S/C22H12BrFO3S/c23-15-9-5-13(6-10-15)19(25)21-20(17-3-1-2-4-18(17)28-21)27-22(26)14-7-11-16(24)12-8-14/h1-12H. The summed E-state index contributed by atoms with van der Waals surface area (Å²) in [6.45, 7) is 0. The Morgan fingerprint density at radius 2 is 1.50 bits per heavy atom. The van der Waals surface area contributed by atoms with E-state index in [1.165, 1.54) is 35.6 Å². The maximum Gasteiger partial charge on any atom is 0.343 e. The number of benzene rings is 3. The van der Waals surface area contributed by atoms with Crippen molar-refractivity contribution in [2.75, 3.05) is 0 Å². The molecule has 28 heavy (non-hydrogen) atoms. The second-order valence-electron chi connectivity index (χ2n) is 5.99. The van der Waals surface area contributed by atoms with Crippen molar-refractivity contribution in [2.45, 2.75) is 0 Å². The Morgan fingerprint density at radius 3 is 2.21 bits per heavy atom. The van der Waals surface area contributed by atoms with Crippen LogP contribution in [0.2, 0.25) is 0 Å². The van der Waals surface area contributed by atoms with Crippen LogP contribution in [0.25, 0.3) is 10.1 Å². The molecule has 0 N–H and O–H groups in total. The molecule has 138 valence electrons. The van der Waals surface area contributed by atoms with E-state index in [0.29, 0.717) is 15.8 Å². The number of esters is 1. The summed E-state index contributed by atoms with van der Waals surface area (Å²) in [5.74, 6) is -1.09. The van der Waals surface area contributed by atoms with Crippen molar-refractivity contribution in [3.05, 3.63) is 99.1 Å². The van der Waals surface area contributed by atoms with Gasteiger partial charge >= 0.3 is 5.97 Å². The molecule has 0 saturated heterocycles. The fourth-order valence-electron chi connectivity index (χ4n) is 2.74. The van der Waals surface area contributed by atoms with Gasteiger partial charge in [0.1, 0.15) is 10.7 Å². The van der Waals surface area contributed by atoms with Crippen LogP contribution in [-0.4, -0.2) is 11.8 Å². The minimum Gasteiger partial charge on any atom is -0.421 e. The molecule has 0 amide bonds. The summed E-state index contributed by atoms with van der Waals surface area (Å²) in [6.07, 6.45) is 0. The van der Waals surface area contributed by atoms with Gasteiger partial charge in [-0.3, -0.25) is 4.79 Å². The van der Waals surface area contributed by atoms with E-state index >= 15 is 0 Å². The molecule has 0 unspecified atom stereocenters. The first-order chi connectivity index (χ1) is 13.5. The molecule has 3 aromatic carbocycles. The lowest BCUT2D eigenvalue weighted by molar-refractivity contribution is 0.0736. The minimum absolute atomic E-state index is 0.207. The summed E-state index contributed by atoms with van der Waals surface area (Å²) in [5, 5.41) is 0.684. The summed E-state index contributed by atoms with van der Waals surface area (Å²) < 4.78 is 20.4. The van der Waals surface area contributed by atoms with Crippen molar-refractivity contribution < 1.29 is 18.7 Å². The molecule has 0 spiro atoms. The molecule has 4 rings (SSSR count). The maximum absolute atomic E-state index is 13.1. The number of thiophene rings is 1. The molecule has 4 aromatic rings. The summed E-state index contributed by atoms with van der Waals surface area (Å²) in [6, 6.07) is 19.4. The Balaban J connectivity index is 1.77. The van der Waals surface area contributed by atoms with E-state index in [4.69, 9.17) is 4.74 Å². The second-order valence-corrected chi connectivity index (χ2v) is 7.96. The molecule has 0 bridgehead atoms. The Morgan fingerprint density at radius 1 is 0.857 bits per heavy atom. The monoisotopic (exact) mass is 454 g/mol. The van der Waals surface area contributed by atoms with Crippen LogP contribution in [0.1, 0.15) is 25.6 Å². The lowest BCUT2D eigenvalue weighted by Gasteiger charge is -2.07. The zero-order valence-electron chi connectivity index (χ0n) is 14.3. The van der Waals surface area contributed by atoms with Gasteiger partial charge in [0, 0.05) is 20.1 Å². The van der Waals surface area contributed by atoms with E-state index in [9.17, 15) is 14.0 Å². The molecule has 1 heterocycles. The quantitative estimate of drug-likeness (QED) is 0.270. The summed E-state index contributed by atoms with van der Waals surface area (Å²) in [5.41, 5.74) is 0.701. The highest BCUT2D eigenvalue weighted by Gasteiger charge is 2.23. The van der Waals surface area contributed by atoms with Crippen molar-refractivity contribution in [2.24, 2.45) is 0 Å². The normalized spacial score (nSPS) is 10.8. The van der Waals surface area contributed by atoms with Crippen molar-refractivity contribution in [1.29, 1.82) is 0 Å². The molecule has 0 aliphatic rings. The summed E-state index contributed by atoms with van der Waals surface area (Å²) in [4.78, 5) is 26.0. The fraction of sp³-hybridized carbons (Fsp3) is 0. The SMILES string of the molecule is O=C(Oc1c(C(=O)c2ccc(Br)cc2)sc2ccccc12)c1ccc(F)cc1. The van der Waals surface area contributed by atoms with Gasteiger partial charge in [0.05, 0.1) is 5.56 Å². The lowest BCUT2D eigenvalue weighted by Crippen LogP contribution is -2.11. The van der Waals surface area contributed by atoms with Crippen LogP contribution in [0.3, 0.4) is 0 Å². The molecule has 0 atom stereocenters. The first-order valence-corrected chi connectivity index (χ1v) is 9.93. The molecule has 3 nitrogen and oxygen atoms in total. The Labute approximate surface area is 172 Å². The van der Waals surface area contributed by atoms with Crippen LogP contribution in [0.5, 0.6) is 5.75 Å². The van der Waals surface area contributed by atoms with Crippen LogP contribution in [-0.2, 0) is 0 Å². The number of fused-ring (bicyclic) bond motifs is 1. The first-order valence-electron chi connectivity index (χ1n) is 8.32. The molecule has 1 aromatic heterocycles. The zero-order valence-corrected chi connectivity index (χ0v) is 16.7. The predicted molar refractivity (Wildman–Crippen MR) is 111 cm³/mol. The van der Waals surface area contributed by atoms with Gasteiger partial charge in [-0.1, -0.05) is 28.1 Å². The number of hydrogen-bond acceptors (Lipinski definition) is 4. The van der Waals surface area contributed by atoms with Crippen molar-refractivity contribution in [3.63, 3.8) is 0 Å². The highest BCUT2D eigenvalue weighted by molar-refractivity contribution is 9.10. The highest BCUT2D eigenvalue weighted by atomic mass is 79.9. The van der Waals surface area contributed by atoms with Crippen molar-refractivity contribution in [3.8, 4) is 5.75 Å². The number of halogens is 2. The maximum atomic E-state index is 13.1. The Kier molecular flexibility index (Phi) is 5.07. The van der Waals surface area contributed by atoms with E-state index < -0.39 is 11.8 Å². The van der Waals surface area contributed by atoms with Crippen LogP contribution in [0.15, 0.2) is 77.3 Å². The smallest absolute Gasteiger partial charge is 0.343 e. The molecule has 0 aliphatic carbocycles. The van der Waals surface area contributed by atoms with Gasteiger partial charge in [-0.15, -0.1) is 11.3 Å². The predicted octanol–water partition coefficient (Wildman–Crippen LogP) is 6.25. The third kappa shape index (κ3) is 3.61. The molecule has 6 heteroatoms. The van der Waals surface area contributed by atoms with E-state index in [-0.39, 0.29) is 17.1 Å².